The molecule has 4 aromatic heterocycles. The van der Waals surface area contributed by atoms with Gasteiger partial charge >= 0.3 is 23.9 Å². The molecular weight excluding hydrogens is 1720 g/mol. The van der Waals surface area contributed by atoms with Crippen molar-refractivity contribution in [1.29, 1.82) is 0 Å². The van der Waals surface area contributed by atoms with E-state index in [1.807, 2.05) is 154 Å². The third-order valence-electron chi connectivity index (χ3n) is 19.7. The van der Waals surface area contributed by atoms with Crippen LogP contribution in [0.2, 0.25) is 20.1 Å². The maximum atomic E-state index is 13.6. The number of rotatable bonds is 22. The van der Waals surface area contributed by atoms with Crippen LogP contribution >= 0.6 is 69.0 Å². The molecule has 4 heterocycles. The molecule has 0 fully saturated rings. The van der Waals surface area contributed by atoms with Crippen LogP contribution in [0.15, 0.2) is 116 Å². The second-order valence-electron chi connectivity index (χ2n) is 30.1. The molecule has 0 amide bonds. The monoisotopic (exact) mass is 1820 g/mol. The summed E-state index contributed by atoms with van der Waals surface area (Å²) in [6.07, 6.45) is 0. The number of halogens is 5. The smallest absolute Gasteiger partial charge is 0.325 e. The molecule has 12 rings (SSSR count). The van der Waals surface area contributed by atoms with Crippen LogP contribution in [-0.2, 0) is 53.0 Å². The summed E-state index contributed by atoms with van der Waals surface area (Å²) in [5.74, 6) is -0.468. The second kappa shape index (κ2) is 40.7. The lowest BCUT2D eigenvalue weighted by molar-refractivity contribution is -0.144. The van der Waals surface area contributed by atoms with Crippen LogP contribution in [0, 0.1) is 0 Å². The number of pyridine rings is 4. The van der Waals surface area contributed by atoms with Crippen molar-refractivity contribution in [3.05, 3.63) is 180 Å². The topological polar surface area (TPSA) is 287 Å². The van der Waals surface area contributed by atoms with Gasteiger partial charge in [0.05, 0.1) is 146 Å². The van der Waals surface area contributed by atoms with Crippen LogP contribution in [0.5, 0.6) is 23.0 Å². The summed E-state index contributed by atoms with van der Waals surface area (Å²) >= 11 is 27.8. The molecule has 0 saturated carbocycles. The minimum Gasteiger partial charge on any atom is -0.507 e. The van der Waals surface area contributed by atoms with Gasteiger partial charge in [0.1, 0.15) is 42.6 Å². The van der Waals surface area contributed by atoms with Gasteiger partial charge in [-0.05, 0) is 129 Å². The first-order chi connectivity index (χ1) is 56.2. The van der Waals surface area contributed by atoms with Gasteiger partial charge in [0.2, 0.25) is 21.7 Å². The van der Waals surface area contributed by atoms with Gasteiger partial charge in [0.25, 0.3) is 0 Å². The molecule has 0 aliphatic carbocycles. The van der Waals surface area contributed by atoms with Crippen LogP contribution < -0.4 is 50.8 Å². The molecule has 0 aliphatic rings. The first-order valence-electron chi connectivity index (χ1n) is 39.0. The number of H-pyrrole nitrogens is 1. The van der Waals surface area contributed by atoms with E-state index in [4.69, 9.17) is 65.4 Å². The Balaban J connectivity index is 0.000000193. The lowest BCUT2D eigenvalue weighted by Crippen LogP contribution is -2.21. The number of carbonyl (C=O) groups excluding carboxylic acids is 3. The number of carboxylic acids is 1. The van der Waals surface area contributed by atoms with Crippen molar-refractivity contribution in [2.45, 2.75) is 133 Å². The highest BCUT2D eigenvalue weighted by Crippen LogP contribution is 2.44. The van der Waals surface area contributed by atoms with E-state index in [-0.39, 0.29) is 117 Å². The number of aromatic amines is 1. The van der Waals surface area contributed by atoms with Crippen molar-refractivity contribution in [3.63, 3.8) is 0 Å². The van der Waals surface area contributed by atoms with Gasteiger partial charge in [-0.1, -0.05) is 149 Å². The minimum atomic E-state index is -1.06. The van der Waals surface area contributed by atoms with E-state index in [0.29, 0.717) is 140 Å². The zero-order valence-corrected chi connectivity index (χ0v) is 76.3. The fraction of sp³-hybridized carbons (Fsp3) is 0.378. The van der Waals surface area contributed by atoms with Gasteiger partial charge in [-0.3, -0.25) is 38.4 Å². The Morgan fingerprint density at radius 1 is 0.403 bits per heavy atom. The van der Waals surface area contributed by atoms with Crippen molar-refractivity contribution >= 4 is 203 Å². The number of benzene rings is 8. The number of aliphatic carboxylic acids is 1. The largest absolute Gasteiger partial charge is 0.507 e. The number of carboxylic acid groups (broad SMARTS) is 1. The summed E-state index contributed by atoms with van der Waals surface area (Å²) in [6, 6.07) is 28.7. The summed E-state index contributed by atoms with van der Waals surface area (Å²) in [6.45, 7) is 27.0. The Hall–Kier alpha value is -10.2. The number of nitrogens with zero attached hydrogens (tertiary/aromatic N) is 7. The molecule has 29 heteroatoms. The minimum absolute atomic E-state index is 0.0396. The van der Waals surface area contributed by atoms with Crippen LogP contribution in [0.3, 0.4) is 0 Å². The van der Waals surface area contributed by atoms with Crippen LogP contribution in [0.4, 0.5) is 22.7 Å². The lowest BCUT2D eigenvalue weighted by atomic mass is 9.99. The number of phenolic OH excluding ortho intramolecular Hbond substituents is 2. The summed E-state index contributed by atoms with van der Waals surface area (Å²) in [5, 5.41) is 35.1. The zero-order valence-electron chi connectivity index (χ0n) is 71.1. The quantitative estimate of drug-likeness (QED) is 0.0161. The van der Waals surface area contributed by atoms with E-state index in [1.165, 1.54) is 17.7 Å². The van der Waals surface area contributed by atoms with Crippen LogP contribution in [0.1, 0.15) is 136 Å². The van der Waals surface area contributed by atoms with Gasteiger partial charge in [0.15, 0.2) is 0 Å². The number of nitrogens with one attached hydrogen (secondary N) is 1. The van der Waals surface area contributed by atoms with E-state index in [2.05, 4.69) is 51.3 Å². The van der Waals surface area contributed by atoms with E-state index < -0.39 is 11.9 Å². The molecule has 0 saturated heterocycles. The number of aromatic nitrogens is 4. The number of hydrogen-bond acceptors (Lipinski definition) is 19. The molecule has 636 valence electrons. The third-order valence-corrected chi connectivity index (χ3v) is 21.5. The average Bonchev–Trinajstić information content (AvgIpc) is 0.786. The van der Waals surface area contributed by atoms with Gasteiger partial charge < -0.3 is 77.3 Å². The average molecular weight is 1820 g/mol. The number of esters is 3. The van der Waals surface area contributed by atoms with E-state index in [0.717, 1.165) is 27.9 Å². The molecule has 0 unspecified atom stereocenters. The Bertz CT molecular complexity index is 6130. The van der Waals surface area contributed by atoms with Crippen LogP contribution in [0.25, 0.3) is 87.2 Å². The first-order valence-corrected chi connectivity index (χ1v) is 42.1. The number of hydrogen-bond donors (Lipinski definition) is 4. The Morgan fingerprint density at radius 2 is 0.706 bits per heavy atom. The molecule has 0 radical (unpaired) electrons. The van der Waals surface area contributed by atoms with Crippen molar-refractivity contribution in [2.24, 2.45) is 0 Å². The molecule has 0 bridgehead atoms. The van der Waals surface area contributed by atoms with Crippen molar-refractivity contribution in [1.82, 2.24) is 18.7 Å². The molecule has 24 nitrogen and oxygen atoms in total. The standard InChI is InChI=1S/C24H29ClN2O4.C22H25ClN2O4.C20H21ClN2O4.C20H23ClN2O2.C4H7IO2/c1-7-30-19-12-17(25)22(26(5)6)23-21(19)24(29)16-10-9-15(14(3)4)11-18(16)27(23)13-20(28)31-8-2;1-6-29-18(27)11-25-16-9-13(12(2)3)7-8-14(16)22(28)19-17(26)10-15(23)20(21(19)25)24(4)5;1-10(2)11-5-6-12-14(7-11)23(9-16(25)26)19-17(20(12)27)15(24)8-13(21)18(19)22(3)4;1-6-25-16-10-14(21)19(23(4)5)18-17(16)20(24)13-8-7-12(11(2)3)9-15(13)22-18;1-2-7-4(6)3-5/h9-12,14H,7-8,13H2,1-6H3;7-10,12,26H,6,11H2,1-5H3;5-8,10,24H,9H2,1-4H3,(H,25,26);7-11H,6H2,1-5H3,(H,22,24);2-3H2,1H3. The molecule has 0 aliphatic heterocycles. The number of alkyl halides is 1. The van der Waals surface area contributed by atoms with Crippen molar-refractivity contribution in [2.75, 3.05) is 113 Å². The third kappa shape index (κ3) is 20.5. The number of carbonyl (C=O) groups is 4. The summed E-state index contributed by atoms with van der Waals surface area (Å²) in [5.41, 5.74) is 10.5. The van der Waals surface area contributed by atoms with E-state index in [9.17, 15) is 53.7 Å². The summed E-state index contributed by atoms with van der Waals surface area (Å²) < 4.78 is 32.0. The Labute approximate surface area is 724 Å². The second-order valence-corrected chi connectivity index (χ2v) is 32.5. The van der Waals surface area contributed by atoms with E-state index in [1.54, 1.807) is 92.2 Å². The predicted molar refractivity (Wildman–Crippen MR) is 495 cm³/mol. The number of ether oxygens (including phenoxy) is 5. The normalized spacial score (nSPS) is 11.2. The maximum absolute atomic E-state index is 13.6. The fourth-order valence-electron chi connectivity index (χ4n) is 14.2. The molecule has 8 aromatic carbocycles. The van der Waals surface area contributed by atoms with E-state index >= 15 is 0 Å². The molecule has 119 heavy (non-hydrogen) atoms. The van der Waals surface area contributed by atoms with Gasteiger partial charge in [0, 0.05) is 102 Å². The zero-order chi connectivity index (χ0) is 88.4. The van der Waals surface area contributed by atoms with Gasteiger partial charge in [-0.2, -0.15) is 0 Å². The summed E-state index contributed by atoms with van der Waals surface area (Å²) in [7, 11) is 14.6. The number of anilines is 4. The number of fused-ring (bicyclic) bond motifs is 8. The Morgan fingerprint density at radius 3 is 1.03 bits per heavy atom. The molecule has 4 N–H and O–H groups in total. The van der Waals surface area contributed by atoms with Crippen LogP contribution in [-0.4, -0.2) is 152 Å². The SMILES string of the molecule is CC(C)c1ccc2c(=O)c3c(O)cc(Cl)c(N(C)C)c3n(CC(=O)O)c2c1.CCOC(=O)CI.CCOC(=O)Cn1c2cc(C(C)C)ccc2c(=O)c2c(O)cc(Cl)c(N(C)C)c21.CCOC(=O)Cn1c2cc(C(C)C)ccc2c(=O)c2c(OCC)cc(Cl)c(N(C)C)c21.CCOc1cc(Cl)c(N(C)C)c2[nH]c3cc(C(C)C)ccc3c(=O)c12. The highest BCUT2D eigenvalue weighted by Gasteiger charge is 2.29. The highest BCUT2D eigenvalue weighted by molar-refractivity contribution is 14.1. The van der Waals surface area contributed by atoms with Gasteiger partial charge in [-0.15, -0.1) is 0 Å². The molecule has 12 aromatic rings. The molecular formula is C90H105Cl4IN8O16. The number of phenols is 2. The first kappa shape index (κ1) is 94.3. The summed E-state index contributed by atoms with van der Waals surface area (Å²) in [4.78, 5) is 111. The highest BCUT2D eigenvalue weighted by atomic mass is 127. The number of aromatic hydroxyl groups is 2. The lowest BCUT2D eigenvalue weighted by Gasteiger charge is -2.24. The fourth-order valence-corrected chi connectivity index (χ4v) is 15.9. The van der Waals surface area contributed by atoms with Crippen molar-refractivity contribution < 1.29 is 58.2 Å². The Kier molecular flexibility index (Phi) is 32.3. The predicted octanol–water partition coefficient (Wildman–Crippen LogP) is 18.9. The molecule has 0 spiro atoms. The van der Waals surface area contributed by atoms with Crippen molar-refractivity contribution in [3.8, 4) is 23.0 Å². The van der Waals surface area contributed by atoms with Gasteiger partial charge in [-0.25, -0.2) is 0 Å². The molecule has 0 atom stereocenters. The maximum Gasteiger partial charge on any atom is 0.325 e.